The van der Waals surface area contributed by atoms with Crippen molar-refractivity contribution in [3.8, 4) is 0 Å². The molecule has 1 aromatic carbocycles. The van der Waals surface area contributed by atoms with Gasteiger partial charge in [0.2, 0.25) is 0 Å². The van der Waals surface area contributed by atoms with Gasteiger partial charge in [-0.05, 0) is 37.1 Å². The summed E-state index contributed by atoms with van der Waals surface area (Å²) in [7, 11) is 0. The fraction of sp³-hybridized carbons (Fsp3) is 0.364. The summed E-state index contributed by atoms with van der Waals surface area (Å²) in [6.45, 7) is 5.75. The van der Waals surface area contributed by atoms with Crippen LogP contribution in [0.4, 0.5) is 5.69 Å². The molecule has 70 valence electrons. The normalized spacial score (nSPS) is 10.1. The fourth-order valence-electron chi connectivity index (χ4n) is 1.33. The van der Waals surface area contributed by atoms with Crippen molar-refractivity contribution in [3.63, 3.8) is 0 Å². The van der Waals surface area contributed by atoms with Crippen LogP contribution in [-0.2, 0) is 0 Å². The quantitative estimate of drug-likeness (QED) is 0.557. The van der Waals surface area contributed by atoms with Crippen molar-refractivity contribution in [1.82, 2.24) is 0 Å². The van der Waals surface area contributed by atoms with Gasteiger partial charge in [0.05, 0.1) is 0 Å². The molecule has 2 N–H and O–H groups in total. The van der Waals surface area contributed by atoms with Crippen molar-refractivity contribution in [1.29, 1.82) is 0 Å². The maximum absolute atomic E-state index is 11.5. The number of hydrogen-bond donors (Lipinski definition) is 1. The standard InChI is InChI=1S/C11H15NO/c1-4-11(13)9-5-6-10(12)8(3)7(9)2/h5-6H,4,12H2,1-3H3. The first-order valence-electron chi connectivity index (χ1n) is 4.46. The van der Waals surface area contributed by atoms with E-state index < -0.39 is 0 Å². The number of rotatable bonds is 2. The number of Topliss-reactive ketones (excluding diaryl/α,β-unsaturated/α-hetero) is 1. The van der Waals surface area contributed by atoms with Gasteiger partial charge < -0.3 is 5.73 Å². The molecule has 0 aromatic heterocycles. The number of carbonyl (C=O) groups excluding carboxylic acids is 1. The first-order valence-corrected chi connectivity index (χ1v) is 4.46. The van der Waals surface area contributed by atoms with Crippen LogP contribution in [0.2, 0.25) is 0 Å². The number of hydrogen-bond acceptors (Lipinski definition) is 2. The molecule has 0 aliphatic heterocycles. The van der Waals surface area contributed by atoms with Crippen LogP contribution in [0.1, 0.15) is 34.8 Å². The largest absolute Gasteiger partial charge is 0.399 e. The highest BCUT2D eigenvalue weighted by atomic mass is 16.1. The van der Waals surface area contributed by atoms with Gasteiger partial charge in [0.1, 0.15) is 0 Å². The smallest absolute Gasteiger partial charge is 0.162 e. The van der Waals surface area contributed by atoms with Gasteiger partial charge in [0.15, 0.2) is 5.78 Å². The van der Waals surface area contributed by atoms with E-state index >= 15 is 0 Å². The molecule has 2 nitrogen and oxygen atoms in total. The van der Waals surface area contributed by atoms with E-state index in [1.807, 2.05) is 26.8 Å². The molecule has 0 spiro atoms. The zero-order valence-corrected chi connectivity index (χ0v) is 8.35. The van der Waals surface area contributed by atoms with E-state index in [1.54, 1.807) is 6.07 Å². The molecular formula is C11H15NO. The molecule has 1 rings (SSSR count). The van der Waals surface area contributed by atoms with E-state index in [2.05, 4.69) is 0 Å². The van der Waals surface area contributed by atoms with Crippen LogP contribution in [0.15, 0.2) is 12.1 Å². The van der Waals surface area contributed by atoms with E-state index in [-0.39, 0.29) is 5.78 Å². The van der Waals surface area contributed by atoms with Crippen LogP contribution < -0.4 is 5.73 Å². The van der Waals surface area contributed by atoms with E-state index in [4.69, 9.17) is 5.73 Å². The van der Waals surface area contributed by atoms with E-state index in [9.17, 15) is 4.79 Å². The van der Waals surface area contributed by atoms with Crippen LogP contribution in [0, 0.1) is 13.8 Å². The zero-order chi connectivity index (χ0) is 10.0. The minimum atomic E-state index is 0.181. The average molecular weight is 177 g/mol. The third-order valence-corrected chi connectivity index (χ3v) is 2.45. The second kappa shape index (κ2) is 3.60. The maximum atomic E-state index is 11.5. The minimum absolute atomic E-state index is 0.181. The highest BCUT2D eigenvalue weighted by Gasteiger charge is 2.09. The summed E-state index contributed by atoms with van der Waals surface area (Å²) in [6.07, 6.45) is 0.546. The molecule has 0 atom stereocenters. The van der Waals surface area contributed by atoms with E-state index in [1.165, 1.54) is 0 Å². The van der Waals surface area contributed by atoms with Crippen molar-refractivity contribution in [2.45, 2.75) is 27.2 Å². The van der Waals surface area contributed by atoms with Crippen molar-refractivity contribution >= 4 is 11.5 Å². The Hall–Kier alpha value is -1.31. The summed E-state index contributed by atoms with van der Waals surface area (Å²) in [5.41, 5.74) is 9.29. The molecule has 0 aliphatic carbocycles. The molecule has 0 heterocycles. The van der Waals surface area contributed by atoms with Crippen LogP contribution in [0.3, 0.4) is 0 Å². The van der Waals surface area contributed by atoms with Gasteiger partial charge in [-0.1, -0.05) is 6.92 Å². The lowest BCUT2D eigenvalue weighted by atomic mass is 9.98. The lowest BCUT2D eigenvalue weighted by molar-refractivity contribution is 0.0987. The Kier molecular flexibility index (Phi) is 2.71. The predicted molar refractivity (Wildman–Crippen MR) is 54.9 cm³/mol. The van der Waals surface area contributed by atoms with Gasteiger partial charge in [0, 0.05) is 17.7 Å². The molecule has 13 heavy (non-hydrogen) atoms. The SMILES string of the molecule is CCC(=O)c1ccc(N)c(C)c1C. The van der Waals surface area contributed by atoms with E-state index in [0.717, 1.165) is 22.4 Å². The molecule has 0 fully saturated rings. The van der Waals surface area contributed by atoms with Gasteiger partial charge in [-0.2, -0.15) is 0 Å². The topological polar surface area (TPSA) is 43.1 Å². The Balaban J connectivity index is 3.26. The number of nitrogens with two attached hydrogens (primary N) is 1. The number of ketones is 1. The Morgan fingerprint density at radius 2 is 1.92 bits per heavy atom. The highest BCUT2D eigenvalue weighted by Crippen LogP contribution is 2.20. The summed E-state index contributed by atoms with van der Waals surface area (Å²) >= 11 is 0. The molecule has 0 amide bonds. The molecule has 1 aromatic rings. The summed E-state index contributed by atoms with van der Waals surface area (Å²) in [4.78, 5) is 11.5. The van der Waals surface area contributed by atoms with Crippen molar-refractivity contribution in [2.75, 3.05) is 5.73 Å². The van der Waals surface area contributed by atoms with Crippen LogP contribution >= 0.6 is 0 Å². The average Bonchev–Trinajstić information content (AvgIpc) is 2.13. The zero-order valence-electron chi connectivity index (χ0n) is 8.35. The van der Waals surface area contributed by atoms with E-state index in [0.29, 0.717) is 6.42 Å². The highest BCUT2D eigenvalue weighted by molar-refractivity contribution is 5.98. The Morgan fingerprint density at radius 1 is 1.31 bits per heavy atom. The van der Waals surface area contributed by atoms with Crippen LogP contribution in [-0.4, -0.2) is 5.78 Å². The van der Waals surface area contributed by atoms with Gasteiger partial charge in [-0.25, -0.2) is 0 Å². The lowest BCUT2D eigenvalue weighted by Gasteiger charge is -2.08. The molecule has 0 aliphatic rings. The molecule has 2 heteroatoms. The van der Waals surface area contributed by atoms with Gasteiger partial charge in [-0.15, -0.1) is 0 Å². The number of carbonyl (C=O) groups is 1. The first kappa shape index (κ1) is 9.78. The number of benzene rings is 1. The third-order valence-electron chi connectivity index (χ3n) is 2.45. The number of anilines is 1. The Labute approximate surface area is 78.8 Å². The maximum Gasteiger partial charge on any atom is 0.162 e. The second-order valence-electron chi connectivity index (χ2n) is 3.23. The molecule has 0 saturated heterocycles. The third kappa shape index (κ3) is 1.72. The predicted octanol–water partition coefficient (Wildman–Crippen LogP) is 2.48. The van der Waals surface area contributed by atoms with Gasteiger partial charge in [-0.3, -0.25) is 4.79 Å². The minimum Gasteiger partial charge on any atom is -0.399 e. The van der Waals surface area contributed by atoms with Gasteiger partial charge >= 0.3 is 0 Å². The molecule has 0 unspecified atom stereocenters. The number of nitrogen functional groups attached to an aromatic ring is 1. The molecular weight excluding hydrogens is 162 g/mol. The fourth-order valence-corrected chi connectivity index (χ4v) is 1.33. The van der Waals surface area contributed by atoms with Gasteiger partial charge in [0.25, 0.3) is 0 Å². The van der Waals surface area contributed by atoms with Crippen LogP contribution in [0.25, 0.3) is 0 Å². The van der Waals surface area contributed by atoms with Crippen molar-refractivity contribution in [2.24, 2.45) is 0 Å². The van der Waals surface area contributed by atoms with Crippen molar-refractivity contribution < 1.29 is 4.79 Å². The Bertz CT molecular complexity index is 342. The van der Waals surface area contributed by atoms with Crippen LogP contribution in [0.5, 0.6) is 0 Å². The Morgan fingerprint density at radius 3 is 2.46 bits per heavy atom. The first-order chi connectivity index (χ1) is 6.07. The summed E-state index contributed by atoms with van der Waals surface area (Å²) in [5.74, 6) is 0.181. The summed E-state index contributed by atoms with van der Waals surface area (Å²) in [6, 6.07) is 3.61. The lowest BCUT2D eigenvalue weighted by Crippen LogP contribution is -2.03. The second-order valence-corrected chi connectivity index (χ2v) is 3.23. The molecule has 0 bridgehead atoms. The summed E-state index contributed by atoms with van der Waals surface area (Å²) in [5, 5.41) is 0. The molecule has 0 saturated carbocycles. The van der Waals surface area contributed by atoms with Crippen molar-refractivity contribution in [3.05, 3.63) is 28.8 Å². The summed E-state index contributed by atoms with van der Waals surface area (Å²) < 4.78 is 0. The monoisotopic (exact) mass is 177 g/mol. The molecule has 0 radical (unpaired) electrons.